The Morgan fingerprint density at radius 1 is 1.44 bits per heavy atom. The fraction of sp³-hybridized carbons (Fsp3) is 0.583. The first kappa shape index (κ1) is 14.8. The summed E-state index contributed by atoms with van der Waals surface area (Å²) in [6, 6.07) is 2.06. The van der Waals surface area contributed by atoms with Gasteiger partial charge in [0, 0.05) is 19.8 Å². The SMILES string of the molecule is CNCC(C)CN(C)c1cc(C(F)(F)F)ccn1. The Morgan fingerprint density at radius 3 is 2.67 bits per heavy atom. The van der Waals surface area contributed by atoms with Crippen LogP contribution in [0, 0.1) is 5.92 Å². The molecule has 0 bridgehead atoms. The zero-order valence-electron chi connectivity index (χ0n) is 10.8. The van der Waals surface area contributed by atoms with Crippen LogP contribution < -0.4 is 10.2 Å². The zero-order chi connectivity index (χ0) is 13.8. The molecule has 0 saturated heterocycles. The van der Waals surface area contributed by atoms with Crippen LogP contribution in [0.25, 0.3) is 0 Å². The van der Waals surface area contributed by atoms with Crippen molar-refractivity contribution in [3.63, 3.8) is 0 Å². The van der Waals surface area contributed by atoms with E-state index >= 15 is 0 Å². The Morgan fingerprint density at radius 2 is 2.11 bits per heavy atom. The van der Waals surface area contributed by atoms with E-state index in [-0.39, 0.29) is 0 Å². The number of nitrogens with zero attached hydrogens (tertiary/aromatic N) is 2. The molecule has 0 aromatic carbocycles. The molecule has 3 nitrogen and oxygen atoms in total. The van der Waals surface area contributed by atoms with Gasteiger partial charge in [-0.3, -0.25) is 0 Å². The van der Waals surface area contributed by atoms with Crippen molar-refractivity contribution in [2.24, 2.45) is 5.92 Å². The van der Waals surface area contributed by atoms with Gasteiger partial charge in [0.15, 0.2) is 0 Å². The number of halogens is 3. The standard InChI is InChI=1S/C12H18F3N3/c1-9(7-16-2)8-18(3)11-6-10(4-5-17-11)12(13,14)15/h4-6,9,16H,7-8H2,1-3H3. The molecule has 1 rings (SSSR count). The average molecular weight is 261 g/mol. The van der Waals surface area contributed by atoms with Gasteiger partial charge in [0.05, 0.1) is 5.56 Å². The van der Waals surface area contributed by atoms with Gasteiger partial charge in [-0.25, -0.2) is 4.98 Å². The highest BCUT2D eigenvalue weighted by atomic mass is 19.4. The lowest BCUT2D eigenvalue weighted by molar-refractivity contribution is -0.137. The summed E-state index contributed by atoms with van der Waals surface area (Å²) in [6.07, 6.45) is -3.13. The van der Waals surface area contributed by atoms with Crippen LogP contribution in [0.1, 0.15) is 12.5 Å². The molecule has 102 valence electrons. The van der Waals surface area contributed by atoms with Crippen LogP contribution in [0.4, 0.5) is 19.0 Å². The number of aromatic nitrogens is 1. The molecule has 0 fully saturated rings. The summed E-state index contributed by atoms with van der Waals surface area (Å²) >= 11 is 0. The third-order valence-corrected chi connectivity index (χ3v) is 2.60. The van der Waals surface area contributed by atoms with E-state index < -0.39 is 11.7 Å². The minimum absolute atomic E-state index is 0.330. The Labute approximate surface area is 105 Å². The maximum Gasteiger partial charge on any atom is 0.416 e. The predicted molar refractivity (Wildman–Crippen MR) is 65.6 cm³/mol. The molecular formula is C12H18F3N3. The second kappa shape index (κ2) is 6.04. The molecule has 0 amide bonds. The van der Waals surface area contributed by atoms with E-state index in [1.807, 2.05) is 14.0 Å². The number of rotatable bonds is 5. The second-order valence-electron chi connectivity index (χ2n) is 4.44. The van der Waals surface area contributed by atoms with Crippen molar-refractivity contribution in [3.05, 3.63) is 23.9 Å². The third-order valence-electron chi connectivity index (χ3n) is 2.60. The van der Waals surface area contributed by atoms with E-state index in [2.05, 4.69) is 10.3 Å². The maximum atomic E-state index is 12.6. The van der Waals surface area contributed by atoms with Gasteiger partial charge in [0.1, 0.15) is 5.82 Å². The zero-order valence-corrected chi connectivity index (χ0v) is 10.8. The smallest absolute Gasteiger partial charge is 0.359 e. The van der Waals surface area contributed by atoms with E-state index in [1.165, 1.54) is 6.20 Å². The molecule has 0 radical (unpaired) electrons. The largest absolute Gasteiger partial charge is 0.416 e. The molecule has 6 heteroatoms. The van der Waals surface area contributed by atoms with E-state index in [1.54, 1.807) is 11.9 Å². The van der Waals surface area contributed by atoms with Gasteiger partial charge in [-0.1, -0.05) is 6.92 Å². The van der Waals surface area contributed by atoms with Crippen molar-refractivity contribution in [2.45, 2.75) is 13.1 Å². The molecule has 0 aliphatic heterocycles. The lowest BCUT2D eigenvalue weighted by Crippen LogP contribution is -2.30. The van der Waals surface area contributed by atoms with Gasteiger partial charge in [-0.05, 0) is 31.6 Å². The first-order valence-corrected chi connectivity index (χ1v) is 5.73. The van der Waals surface area contributed by atoms with Crippen LogP contribution in [0.15, 0.2) is 18.3 Å². The fourth-order valence-electron chi connectivity index (χ4n) is 1.78. The van der Waals surface area contributed by atoms with Crippen LogP contribution in [-0.2, 0) is 6.18 Å². The quantitative estimate of drug-likeness (QED) is 0.882. The molecule has 1 aromatic rings. The highest BCUT2D eigenvalue weighted by molar-refractivity contribution is 5.40. The van der Waals surface area contributed by atoms with E-state index in [4.69, 9.17) is 0 Å². The molecule has 1 aromatic heterocycles. The Hall–Kier alpha value is -1.30. The van der Waals surface area contributed by atoms with Gasteiger partial charge < -0.3 is 10.2 Å². The van der Waals surface area contributed by atoms with Crippen molar-refractivity contribution >= 4 is 5.82 Å². The number of hydrogen-bond donors (Lipinski definition) is 1. The number of alkyl halides is 3. The van der Waals surface area contributed by atoms with Gasteiger partial charge in [-0.15, -0.1) is 0 Å². The molecule has 0 spiro atoms. The van der Waals surface area contributed by atoms with Crippen LogP contribution >= 0.6 is 0 Å². The summed E-state index contributed by atoms with van der Waals surface area (Å²) in [5.41, 5.74) is -0.666. The van der Waals surface area contributed by atoms with Crippen molar-refractivity contribution in [1.29, 1.82) is 0 Å². The second-order valence-corrected chi connectivity index (χ2v) is 4.44. The van der Waals surface area contributed by atoms with Gasteiger partial charge in [-0.2, -0.15) is 13.2 Å². The summed E-state index contributed by atoms with van der Waals surface area (Å²) < 4.78 is 37.7. The van der Waals surface area contributed by atoms with Gasteiger partial charge in [0.25, 0.3) is 0 Å². The maximum absolute atomic E-state index is 12.6. The lowest BCUT2D eigenvalue weighted by Gasteiger charge is -2.23. The summed E-state index contributed by atoms with van der Waals surface area (Å²) in [5.74, 6) is 0.670. The summed E-state index contributed by atoms with van der Waals surface area (Å²) in [6.45, 7) is 3.49. The third kappa shape index (κ3) is 4.18. The summed E-state index contributed by atoms with van der Waals surface area (Å²) in [5, 5.41) is 3.03. The van der Waals surface area contributed by atoms with Crippen molar-refractivity contribution in [1.82, 2.24) is 10.3 Å². The minimum atomic E-state index is -4.32. The van der Waals surface area contributed by atoms with Gasteiger partial charge >= 0.3 is 6.18 Å². The highest BCUT2D eigenvalue weighted by Crippen LogP contribution is 2.30. The van der Waals surface area contributed by atoms with E-state index in [0.29, 0.717) is 18.3 Å². The molecule has 1 atom stereocenters. The monoisotopic (exact) mass is 261 g/mol. The number of nitrogens with one attached hydrogen (secondary N) is 1. The molecule has 1 N–H and O–H groups in total. The number of pyridine rings is 1. The Bertz CT molecular complexity index is 379. The van der Waals surface area contributed by atoms with Crippen molar-refractivity contribution in [2.75, 3.05) is 32.1 Å². The highest BCUT2D eigenvalue weighted by Gasteiger charge is 2.31. The van der Waals surface area contributed by atoms with Crippen LogP contribution in [-0.4, -0.2) is 32.2 Å². The predicted octanol–water partition coefficient (Wildman–Crippen LogP) is 2.39. The number of anilines is 1. The molecular weight excluding hydrogens is 243 g/mol. The molecule has 1 unspecified atom stereocenters. The van der Waals surface area contributed by atoms with Crippen LogP contribution in [0.2, 0.25) is 0 Å². The Balaban J connectivity index is 2.77. The molecule has 0 aliphatic carbocycles. The summed E-state index contributed by atoms with van der Waals surface area (Å²) in [7, 11) is 3.59. The lowest BCUT2D eigenvalue weighted by atomic mass is 10.1. The van der Waals surface area contributed by atoms with Crippen molar-refractivity contribution < 1.29 is 13.2 Å². The van der Waals surface area contributed by atoms with Crippen molar-refractivity contribution in [3.8, 4) is 0 Å². The van der Waals surface area contributed by atoms with E-state index in [9.17, 15) is 13.2 Å². The fourth-order valence-corrected chi connectivity index (χ4v) is 1.78. The van der Waals surface area contributed by atoms with E-state index in [0.717, 1.165) is 18.7 Å². The van der Waals surface area contributed by atoms with Gasteiger partial charge in [0.2, 0.25) is 0 Å². The normalized spacial score (nSPS) is 13.4. The number of hydrogen-bond acceptors (Lipinski definition) is 3. The first-order chi connectivity index (χ1) is 8.34. The molecule has 1 heterocycles. The molecule has 0 saturated carbocycles. The van der Waals surface area contributed by atoms with Crippen LogP contribution in [0.3, 0.4) is 0 Å². The minimum Gasteiger partial charge on any atom is -0.359 e. The average Bonchev–Trinajstić information content (AvgIpc) is 2.28. The Kier molecular flexibility index (Phi) is 4.95. The van der Waals surface area contributed by atoms with Crippen LogP contribution in [0.5, 0.6) is 0 Å². The topological polar surface area (TPSA) is 28.2 Å². The summed E-state index contributed by atoms with van der Waals surface area (Å²) in [4.78, 5) is 5.70. The molecule has 0 aliphatic rings. The molecule has 18 heavy (non-hydrogen) atoms. The first-order valence-electron chi connectivity index (χ1n) is 5.73.